The van der Waals surface area contributed by atoms with Crippen LogP contribution in [0.5, 0.6) is 0 Å². The number of hydrogen-bond donors (Lipinski definition) is 1. The highest BCUT2D eigenvalue weighted by molar-refractivity contribution is 9.10. The standard InChI is InChI=1S/C8H7BrN4O3S/c1-5-11-12-8(16-5)13-17(14,15)7-2-6(9)3-10-4-7/h2-4H,1H3,(H,12,13). The zero-order valence-corrected chi connectivity index (χ0v) is 11.0. The molecule has 0 radical (unpaired) electrons. The van der Waals surface area contributed by atoms with E-state index in [2.05, 4.69) is 35.8 Å². The summed E-state index contributed by atoms with van der Waals surface area (Å²) in [5.41, 5.74) is 0. The van der Waals surface area contributed by atoms with Crippen molar-refractivity contribution in [2.75, 3.05) is 4.72 Å². The summed E-state index contributed by atoms with van der Waals surface area (Å²) in [5, 5.41) is 7.05. The Hall–Kier alpha value is -1.48. The Bertz CT molecular complexity index is 640. The number of aromatic nitrogens is 3. The summed E-state index contributed by atoms with van der Waals surface area (Å²) in [6.45, 7) is 1.56. The van der Waals surface area contributed by atoms with Gasteiger partial charge in [0.1, 0.15) is 4.90 Å². The fraction of sp³-hybridized carbons (Fsp3) is 0.125. The van der Waals surface area contributed by atoms with Gasteiger partial charge in [-0.25, -0.2) is 13.1 Å². The third-order valence-corrected chi connectivity index (χ3v) is 3.46. The smallest absolute Gasteiger partial charge is 0.329 e. The van der Waals surface area contributed by atoms with Crippen molar-refractivity contribution in [1.29, 1.82) is 0 Å². The molecule has 0 aliphatic carbocycles. The Labute approximate surface area is 105 Å². The van der Waals surface area contributed by atoms with Crippen molar-refractivity contribution < 1.29 is 12.8 Å². The highest BCUT2D eigenvalue weighted by Gasteiger charge is 2.17. The van der Waals surface area contributed by atoms with E-state index in [1.54, 1.807) is 6.92 Å². The SMILES string of the molecule is Cc1nnc(NS(=O)(=O)c2cncc(Br)c2)o1. The normalized spacial score (nSPS) is 11.4. The van der Waals surface area contributed by atoms with Gasteiger partial charge in [-0.2, -0.15) is 0 Å². The summed E-state index contributed by atoms with van der Waals surface area (Å²) >= 11 is 3.14. The van der Waals surface area contributed by atoms with Crippen LogP contribution in [-0.4, -0.2) is 23.6 Å². The molecular weight excluding hydrogens is 312 g/mol. The lowest BCUT2D eigenvalue weighted by atomic mass is 10.5. The molecule has 0 spiro atoms. The Morgan fingerprint density at radius 2 is 2.12 bits per heavy atom. The predicted molar refractivity (Wildman–Crippen MR) is 61.8 cm³/mol. The first-order chi connectivity index (χ1) is 7.97. The summed E-state index contributed by atoms with van der Waals surface area (Å²) in [6.07, 6.45) is 2.70. The van der Waals surface area contributed by atoms with Crippen molar-refractivity contribution in [3.8, 4) is 0 Å². The van der Waals surface area contributed by atoms with Gasteiger partial charge in [0.2, 0.25) is 5.89 Å². The lowest BCUT2D eigenvalue weighted by Crippen LogP contribution is -2.13. The molecule has 0 amide bonds. The molecule has 9 heteroatoms. The Morgan fingerprint density at radius 1 is 1.35 bits per heavy atom. The Balaban J connectivity index is 2.31. The summed E-state index contributed by atoms with van der Waals surface area (Å²) in [6, 6.07) is 1.24. The van der Waals surface area contributed by atoms with Gasteiger partial charge in [-0.15, -0.1) is 5.10 Å². The van der Waals surface area contributed by atoms with Crippen molar-refractivity contribution in [3.05, 3.63) is 28.8 Å². The first kappa shape index (κ1) is 12.0. The summed E-state index contributed by atoms with van der Waals surface area (Å²) in [5.74, 6) is 0.273. The molecule has 0 unspecified atom stereocenters. The molecule has 7 nitrogen and oxygen atoms in total. The predicted octanol–water partition coefficient (Wildman–Crippen LogP) is 1.34. The third-order valence-electron chi connectivity index (χ3n) is 1.74. The van der Waals surface area contributed by atoms with E-state index in [9.17, 15) is 8.42 Å². The van der Waals surface area contributed by atoms with E-state index in [-0.39, 0.29) is 16.8 Å². The monoisotopic (exact) mass is 318 g/mol. The van der Waals surface area contributed by atoms with Crippen LogP contribution in [0.1, 0.15) is 5.89 Å². The van der Waals surface area contributed by atoms with Gasteiger partial charge in [0.05, 0.1) is 0 Å². The largest absolute Gasteiger partial charge is 0.408 e. The third kappa shape index (κ3) is 2.80. The Kier molecular flexibility index (Phi) is 3.11. The van der Waals surface area contributed by atoms with Crippen LogP contribution in [0.3, 0.4) is 0 Å². The molecule has 17 heavy (non-hydrogen) atoms. The minimum Gasteiger partial charge on any atom is -0.408 e. The quantitative estimate of drug-likeness (QED) is 0.916. The lowest BCUT2D eigenvalue weighted by molar-refractivity contribution is 0.534. The minimum absolute atomic E-state index is 0.00253. The molecule has 2 heterocycles. The van der Waals surface area contributed by atoms with E-state index in [0.29, 0.717) is 4.47 Å². The molecule has 2 rings (SSSR count). The van der Waals surface area contributed by atoms with Crippen molar-refractivity contribution in [1.82, 2.24) is 15.2 Å². The molecule has 2 aromatic heterocycles. The van der Waals surface area contributed by atoms with Crippen LogP contribution < -0.4 is 4.72 Å². The van der Waals surface area contributed by atoms with Crippen LogP contribution in [0, 0.1) is 6.92 Å². The number of nitrogens with zero attached hydrogens (tertiary/aromatic N) is 3. The van der Waals surface area contributed by atoms with E-state index in [4.69, 9.17) is 4.42 Å². The zero-order valence-electron chi connectivity index (χ0n) is 8.58. The van der Waals surface area contributed by atoms with Gasteiger partial charge in [-0.05, 0) is 22.0 Å². The van der Waals surface area contributed by atoms with Gasteiger partial charge >= 0.3 is 6.01 Å². The van der Waals surface area contributed by atoms with Crippen molar-refractivity contribution in [2.45, 2.75) is 11.8 Å². The highest BCUT2D eigenvalue weighted by Crippen LogP contribution is 2.17. The second kappa shape index (κ2) is 4.41. The first-order valence-corrected chi connectivity index (χ1v) is 6.68. The number of anilines is 1. The van der Waals surface area contributed by atoms with Crippen molar-refractivity contribution in [3.63, 3.8) is 0 Å². The molecule has 0 saturated heterocycles. The number of sulfonamides is 1. The molecule has 0 aliphatic heterocycles. The maximum Gasteiger partial charge on any atom is 0.329 e. The molecule has 0 saturated carbocycles. The number of halogens is 1. The van der Waals surface area contributed by atoms with E-state index in [1.165, 1.54) is 18.5 Å². The molecule has 1 N–H and O–H groups in total. The fourth-order valence-corrected chi connectivity index (χ4v) is 2.48. The average Bonchev–Trinajstić information content (AvgIpc) is 2.63. The summed E-state index contributed by atoms with van der Waals surface area (Å²) in [7, 11) is -3.76. The second-order valence-corrected chi connectivity index (χ2v) is 5.67. The number of rotatable bonds is 3. The van der Waals surface area contributed by atoms with Crippen molar-refractivity contribution in [2.24, 2.45) is 0 Å². The molecule has 90 valence electrons. The van der Waals surface area contributed by atoms with Gasteiger partial charge in [-0.3, -0.25) is 4.98 Å². The number of nitrogens with one attached hydrogen (secondary N) is 1. The molecule has 0 atom stereocenters. The van der Waals surface area contributed by atoms with Crippen LogP contribution in [0.4, 0.5) is 6.01 Å². The van der Waals surface area contributed by atoms with Gasteiger partial charge in [0.25, 0.3) is 10.0 Å². The Morgan fingerprint density at radius 3 is 2.71 bits per heavy atom. The molecule has 2 aromatic rings. The number of hydrogen-bond acceptors (Lipinski definition) is 6. The molecule has 0 aromatic carbocycles. The van der Waals surface area contributed by atoms with E-state index < -0.39 is 10.0 Å². The lowest BCUT2D eigenvalue weighted by Gasteiger charge is -2.03. The maximum absolute atomic E-state index is 11.9. The van der Waals surface area contributed by atoms with E-state index >= 15 is 0 Å². The first-order valence-electron chi connectivity index (χ1n) is 4.41. The van der Waals surface area contributed by atoms with Gasteiger partial charge in [-0.1, -0.05) is 5.10 Å². The minimum atomic E-state index is -3.76. The molecule has 0 bridgehead atoms. The maximum atomic E-state index is 11.9. The molecule has 0 fully saturated rings. The summed E-state index contributed by atoms with van der Waals surface area (Å²) in [4.78, 5) is 3.77. The van der Waals surface area contributed by atoms with E-state index in [1.807, 2.05) is 0 Å². The second-order valence-electron chi connectivity index (χ2n) is 3.07. The highest BCUT2D eigenvalue weighted by atomic mass is 79.9. The van der Waals surface area contributed by atoms with Crippen LogP contribution >= 0.6 is 15.9 Å². The molecule has 0 aliphatic rings. The number of pyridine rings is 1. The van der Waals surface area contributed by atoms with Gasteiger partial charge in [0, 0.05) is 23.8 Å². The fourth-order valence-electron chi connectivity index (χ4n) is 1.05. The van der Waals surface area contributed by atoms with Gasteiger partial charge < -0.3 is 4.42 Å². The number of aryl methyl sites for hydroxylation is 1. The summed E-state index contributed by atoms with van der Waals surface area (Å²) < 4.78 is 31.4. The zero-order chi connectivity index (χ0) is 12.5. The topological polar surface area (TPSA) is 98.0 Å². The van der Waals surface area contributed by atoms with Crippen LogP contribution in [0.25, 0.3) is 0 Å². The van der Waals surface area contributed by atoms with Crippen molar-refractivity contribution >= 4 is 32.0 Å². The van der Waals surface area contributed by atoms with Crippen LogP contribution in [0.15, 0.2) is 32.2 Å². The molecular formula is C8H7BrN4O3S. The van der Waals surface area contributed by atoms with Crippen LogP contribution in [0.2, 0.25) is 0 Å². The average molecular weight is 319 g/mol. The van der Waals surface area contributed by atoms with E-state index in [0.717, 1.165) is 0 Å². The van der Waals surface area contributed by atoms with Crippen LogP contribution in [-0.2, 0) is 10.0 Å². The van der Waals surface area contributed by atoms with Gasteiger partial charge in [0.15, 0.2) is 0 Å².